The molecule has 0 saturated heterocycles. The Balaban J connectivity index is 2.10. The van der Waals surface area contributed by atoms with E-state index in [9.17, 15) is 4.79 Å². The quantitative estimate of drug-likeness (QED) is 0.808. The zero-order valence-corrected chi connectivity index (χ0v) is 15.0. The lowest BCUT2D eigenvalue weighted by atomic mass is 10.1. The molecule has 0 aliphatic heterocycles. The topological polar surface area (TPSA) is 38.3 Å². The first-order chi connectivity index (χ1) is 10.8. The molecular formula is C18H19Cl2NO2. The van der Waals surface area contributed by atoms with E-state index in [0.717, 1.165) is 16.7 Å². The zero-order chi connectivity index (χ0) is 17.1. The minimum atomic E-state index is -0.645. The molecule has 0 heterocycles. The average Bonchev–Trinajstić information content (AvgIpc) is 2.48. The highest BCUT2D eigenvalue weighted by Gasteiger charge is 2.16. The second-order valence-electron chi connectivity index (χ2n) is 5.58. The van der Waals surface area contributed by atoms with E-state index in [1.54, 1.807) is 19.1 Å². The molecule has 0 unspecified atom stereocenters. The summed E-state index contributed by atoms with van der Waals surface area (Å²) < 4.78 is 5.73. The normalized spacial score (nSPS) is 11.9. The maximum atomic E-state index is 12.3. The molecule has 2 rings (SSSR count). The molecule has 23 heavy (non-hydrogen) atoms. The van der Waals surface area contributed by atoms with Crippen molar-refractivity contribution < 1.29 is 9.53 Å². The lowest BCUT2D eigenvalue weighted by molar-refractivity contribution is -0.122. The van der Waals surface area contributed by atoms with Gasteiger partial charge in [0.15, 0.2) is 6.10 Å². The van der Waals surface area contributed by atoms with Crippen LogP contribution in [0.5, 0.6) is 5.75 Å². The highest BCUT2D eigenvalue weighted by atomic mass is 35.5. The molecule has 0 spiro atoms. The zero-order valence-electron chi connectivity index (χ0n) is 13.5. The molecular weight excluding hydrogens is 333 g/mol. The molecule has 2 aromatic rings. The summed E-state index contributed by atoms with van der Waals surface area (Å²) in [6.45, 7) is 7.42. The van der Waals surface area contributed by atoms with Gasteiger partial charge in [-0.15, -0.1) is 0 Å². The Morgan fingerprint density at radius 2 is 1.65 bits per heavy atom. The van der Waals surface area contributed by atoms with E-state index in [2.05, 4.69) is 5.32 Å². The Morgan fingerprint density at radius 1 is 1.04 bits per heavy atom. The summed E-state index contributed by atoms with van der Waals surface area (Å²) in [5, 5.41) is 4.12. The van der Waals surface area contributed by atoms with Crippen molar-refractivity contribution in [3.05, 3.63) is 57.1 Å². The molecule has 0 aromatic heterocycles. The molecule has 0 aliphatic rings. The summed E-state index contributed by atoms with van der Waals surface area (Å²) in [4.78, 5) is 12.3. The Labute approximate surface area is 146 Å². The molecule has 5 heteroatoms. The molecule has 1 amide bonds. The number of nitrogens with one attached hydrogen (secondary N) is 1. The van der Waals surface area contributed by atoms with Gasteiger partial charge in [0, 0.05) is 15.7 Å². The van der Waals surface area contributed by atoms with Crippen molar-refractivity contribution in [3.8, 4) is 5.75 Å². The van der Waals surface area contributed by atoms with E-state index < -0.39 is 6.10 Å². The van der Waals surface area contributed by atoms with Gasteiger partial charge in [0.05, 0.1) is 0 Å². The van der Waals surface area contributed by atoms with Gasteiger partial charge in [-0.05, 0) is 68.7 Å². The SMILES string of the molecule is Cc1ccc(Cl)cc1NC(=O)[C@H](C)Oc1cc(C)c(Cl)c(C)c1. The molecule has 0 aliphatic carbocycles. The van der Waals surface area contributed by atoms with Crippen LogP contribution in [0.4, 0.5) is 5.69 Å². The predicted octanol–water partition coefficient (Wildman–Crippen LogP) is 5.32. The van der Waals surface area contributed by atoms with Gasteiger partial charge in [0.2, 0.25) is 0 Å². The van der Waals surface area contributed by atoms with Crippen molar-refractivity contribution >= 4 is 34.8 Å². The summed E-state index contributed by atoms with van der Waals surface area (Å²) >= 11 is 12.1. The molecule has 0 radical (unpaired) electrons. The second-order valence-corrected chi connectivity index (χ2v) is 6.39. The summed E-state index contributed by atoms with van der Waals surface area (Å²) in [6.07, 6.45) is -0.645. The largest absolute Gasteiger partial charge is 0.481 e. The van der Waals surface area contributed by atoms with Crippen molar-refractivity contribution in [3.63, 3.8) is 0 Å². The summed E-state index contributed by atoms with van der Waals surface area (Å²) in [5.74, 6) is 0.385. The summed E-state index contributed by atoms with van der Waals surface area (Å²) in [7, 11) is 0. The van der Waals surface area contributed by atoms with Crippen molar-refractivity contribution in [2.24, 2.45) is 0 Å². The number of carbonyl (C=O) groups is 1. The minimum Gasteiger partial charge on any atom is -0.481 e. The Bertz CT molecular complexity index is 721. The Hall–Kier alpha value is -1.71. The Kier molecular flexibility index (Phi) is 5.55. The average molecular weight is 352 g/mol. The second kappa shape index (κ2) is 7.24. The van der Waals surface area contributed by atoms with E-state index in [1.807, 2.05) is 39.0 Å². The lowest BCUT2D eigenvalue weighted by Gasteiger charge is -2.17. The number of carbonyl (C=O) groups excluding carboxylic acids is 1. The molecule has 0 bridgehead atoms. The Morgan fingerprint density at radius 3 is 2.26 bits per heavy atom. The monoisotopic (exact) mass is 351 g/mol. The summed E-state index contributed by atoms with van der Waals surface area (Å²) in [5.41, 5.74) is 3.45. The van der Waals surface area contributed by atoms with E-state index in [0.29, 0.717) is 21.5 Å². The number of halogens is 2. The lowest BCUT2D eigenvalue weighted by Crippen LogP contribution is -2.30. The van der Waals surface area contributed by atoms with Crippen LogP contribution in [0.1, 0.15) is 23.6 Å². The maximum Gasteiger partial charge on any atom is 0.265 e. The van der Waals surface area contributed by atoms with Crippen LogP contribution in [0, 0.1) is 20.8 Å². The van der Waals surface area contributed by atoms with Crippen LogP contribution in [0.3, 0.4) is 0 Å². The van der Waals surface area contributed by atoms with Crippen molar-refractivity contribution in [1.29, 1.82) is 0 Å². The standard InChI is InChI=1S/C18H19Cl2NO2/c1-10-5-6-14(19)9-16(10)21-18(22)13(4)23-15-7-11(2)17(20)12(3)8-15/h5-9,13H,1-4H3,(H,21,22)/t13-/m0/s1. The van der Waals surface area contributed by atoms with E-state index >= 15 is 0 Å². The van der Waals surface area contributed by atoms with Crippen LogP contribution in [0.15, 0.2) is 30.3 Å². The van der Waals surface area contributed by atoms with Crippen LogP contribution in [-0.2, 0) is 4.79 Å². The minimum absolute atomic E-state index is 0.236. The van der Waals surface area contributed by atoms with E-state index in [4.69, 9.17) is 27.9 Å². The third-order valence-electron chi connectivity index (χ3n) is 3.55. The van der Waals surface area contributed by atoms with Crippen molar-refractivity contribution in [2.75, 3.05) is 5.32 Å². The fourth-order valence-corrected chi connectivity index (χ4v) is 2.48. The summed E-state index contributed by atoms with van der Waals surface area (Å²) in [6, 6.07) is 9.01. The molecule has 1 atom stereocenters. The third-order valence-corrected chi connectivity index (χ3v) is 4.38. The number of hydrogen-bond acceptors (Lipinski definition) is 2. The van der Waals surface area contributed by atoms with E-state index in [1.165, 1.54) is 0 Å². The fourth-order valence-electron chi connectivity index (χ4n) is 2.20. The van der Waals surface area contributed by atoms with Gasteiger partial charge in [-0.3, -0.25) is 4.79 Å². The number of rotatable bonds is 4. The van der Waals surface area contributed by atoms with Gasteiger partial charge in [0.25, 0.3) is 5.91 Å². The molecule has 122 valence electrons. The molecule has 0 saturated carbocycles. The highest BCUT2D eigenvalue weighted by molar-refractivity contribution is 6.32. The van der Waals surface area contributed by atoms with Crippen LogP contribution in [0.2, 0.25) is 10.0 Å². The number of anilines is 1. The van der Waals surface area contributed by atoms with Crippen LogP contribution >= 0.6 is 23.2 Å². The number of aryl methyl sites for hydroxylation is 3. The number of benzene rings is 2. The fraction of sp³-hybridized carbons (Fsp3) is 0.278. The molecule has 2 aromatic carbocycles. The van der Waals surface area contributed by atoms with Gasteiger partial charge in [-0.2, -0.15) is 0 Å². The number of amides is 1. The smallest absolute Gasteiger partial charge is 0.265 e. The van der Waals surface area contributed by atoms with Crippen LogP contribution in [0.25, 0.3) is 0 Å². The van der Waals surface area contributed by atoms with Gasteiger partial charge in [-0.1, -0.05) is 29.3 Å². The molecule has 1 N–H and O–H groups in total. The maximum absolute atomic E-state index is 12.3. The molecule has 0 fully saturated rings. The highest BCUT2D eigenvalue weighted by Crippen LogP contribution is 2.27. The van der Waals surface area contributed by atoms with Gasteiger partial charge >= 0.3 is 0 Å². The van der Waals surface area contributed by atoms with Crippen molar-refractivity contribution in [2.45, 2.75) is 33.8 Å². The first-order valence-corrected chi connectivity index (χ1v) is 8.04. The third kappa shape index (κ3) is 4.40. The number of hydrogen-bond donors (Lipinski definition) is 1. The predicted molar refractivity (Wildman–Crippen MR) is 95.8 cm³/mol. The van der Waals surface area contributed by atoms with Crippen LogP contribution < -0.4 is 10.1 Å². The van der Waals surface area contributed by atoms with Gasteiger partial charge in [-0.25, -0.2) is 0 Å². The van der Waals surface area contributed by atoms with Gasteiger partial charge in [0.1, 0.15) is 5.75 Å². The van der Waals surface area contributed by atoms with Crippen molar-refractivity contribution in [1.82, 2.24) is 0 Å². The van der Waals surface area contributed by atoms with Crippen LogP contribution in [-0.4, -0.2) is 12.0 Å². The van der Waals surface area contributed by atoms with E-state index in [-0.39, 0.29) is 5.91 Å². The first-order valence-electron chi connectivity index (χ1n) is 7.28. The first kappa shape index (κ1) is 17.6. The van der Waals surface area contributed by atoms with Gasteiger partial charge < -0.3 is 10.1 Å². The number of ether oxygens (including phenoxy) is 1. The molecule has 3 nitrogen and oxygen atoms in total.